The van der Waals surface area contributed by atoms with E-state index in [0.717, 1.165) is 30.2 Å². The first-order valence-corrected chi connectivity index (χ1v) is 10.6. The van der Waals surface area contributed by atoms with Gasteiger partial charge in [-0.2, -0.15) is 0 Å². The van der Waals surface area contributed by atoms with Crippen molar-refractivity contribution < 1.29 is 23.9 Å². The molecule has 29 heavy (non-hydrogen) atoms. The monoisotopic (exact) mass is 420 g/mol. The molecule has 1 unspecified atom stereocenters. The minimum atomic E-state index is -0.807. The van der Waals surface area contributed by atoms with Crippen LogP contribution in [0, 0.1) is 0 Å². The first-order valence-electron chi connectivity index (χ1n) is 9.73. The van der Waals surface area contributed by atoms with E-state index < -0.39 is 23.3 Å². The number of nitrogens with one attached hydrogen (secondary N) is 1. The molecule has 1 saturated heterocycles. The van der Waals surface area contributed by atoms with Crippen molar-refractivity contribution in [3.8, 4) is 0 Å². The van der Waals surface area contributed by atoms with Crippen molar-refractivity contribution in [1.29, 1.82) is 0 Å². The van der Waals surface area contributed by atoms with Gasteiger partial charge in [-0.25, -0.2) is 4.79 Å². The number of hydrogen-bond acceptors (Lipinski definition) is 6. The molecule has 0 aliphatic carbocycles. The number of methoxy groups -OCH3 is 1. The molecular formula is C21H28N2O5S. The van der Waals surface area contributed by atoms with Gasteiger partial charge in [-0.05, 0) is 38.2 Å². The summed E-state index contributed by atoms with van der Waals surface area (Å²) in [6.07, 6.45) is 2.58. The summed E-state index contributed by atoms with van der Waals surface area (Å²) >= 11 is 0.951. The van der Waals surface area contributed by atoms with E-state index in [0.29, 0.717) is 19.4 Å². The number of likely N-dealkylation sites (tertiary alicyclic amines) is 1. The van der Waals surface area contributed by atoms with Crippen LogP contribution in [-0.2, 0) is 30.3 Å². The molecule has 1 aliphatic heterocycles. The Kier molecular flexibility index (Phi) is 8.70. The highest BCUT2D eigenvalue weighted by Gasteiger charge is 2.36. The van der Waals surface area contributed by atoms with Gasteiger partial charge >= 0.3 is 5.97 Å². The van der Waals surface area contributed by atoms with E-state index >= 15 is 0 Å². The normalized spacial score (nSPS) is 18.4. The average molecular weight is 421 g/mol. The van der Waals surface area contributed by atoms with Gasteiger partial charge < -0.3 is 15.0 Å². The second-order valence-corrected chi connectivity index (χ2v) is 8.46. The van der Waals surface area contributed by atoms with Gasteiger partial charge in [0.1, 0.15) is 12.1 Å². The number of esters is 1. The van der Waals surface area contributed by atoms with Crippen LogP contribution in [0.2, 0.25) is 0 Å². The maximum Gasteiger partial charge on any atom is 0.328 e. The van der Waals surface area contributed by atoms with Crippen molar-refractivity contribution in [3.63, 3.8) is 0 Å². The van der Waals surface area contributed by atoms with E-state index in [4.69, 9.17) is 4.74 Å². The van der Waals surface area contributed by atoms with Gasteiger partial charge in [0.25, 0.3) is 0 Å². The van der Waals surface area contributed by atoms with Crippen molar-refractivity contribution >= 4 is 34.7 Å². The maximum absolute atomic E-state index is 12.9. The second kappa shape index (κ2) is 11.0. The molecule has 158 valence electrons. The van der Waals surface area contributed by atoms with Gasteiger partial charge in [-0.15, -0.1) is 0 Å². The van der Waals surface area contributed by atoms with Crippen LogP contribution in [0.4, 0.5) is 0 Å². The largest absolute Gasteiger partial charge is 0.467 e. The molecule has 0 radical (unpaired) electrons. The summed E-state index contributed by atoms with van der Waals surface area (Å²) in [6, 6.07) is 7.99. The lowest BCUT2D eigenvalue weighted by Crippen LogP contribution is -2.55. The Bertz CT molecular complexity index is 740. The minimum Gasteiger partial charge on any atom is -0.467 e. The van der Waals surface area contributed by atoms with E-state index in [1.807, 2.05) is 30.3 Å². The van der Waals surface area contributed by atoms with Crippen LogP contribution in [0.1, 0.15) is 38.7 Å². The second-order valence-electron chi connectivity index (χ2n) is 7.08. The zero-order valence-corrected chi connectivity index (χ0v) is 17.9. The number of thioether (sulfide) groups is 1. The summed E-state index contributed by atoms with van der Waals surface area (Å²) in [5, 5.41) is 1.92. The Labute approximate surface area is 175 Å². The highest BCUT2D eigenvalue weighted by molar-refractivity contribution is 8.14. The Hall–Kier alpha value is -2.35. The van der Waals surface area contributed by atoms with E-state index in [1.54, 1.807) is 6.92 Å². The molecule has 1 aliphatic rings. The zero-order chi connectivity index (χ0) is 21.4. The molecule has 2 rings (SSSR count). The molecule has 1 heterocycles. The molecule has 2 amide bonds. The van der Waals surface area contributed by atoms with Crippen LogP contribution in [-0.4, -0.2) is 58.8 Å². The Balaban J connectivity index is 2.06. The number of hydrogen-bond donors (Lipinski definition) is 1. The molecule has 1 aromatic carbocycles. The van der Waals surface area contributed by atoms with Crippen LogP contribution in [0.3, 0.4) is 0 Å². The van der Waals surface area contributed by atoms with E-state index in [-0.39, 0.29) is 16.9 Å². The predicted molar refractivity (Wildman–Crippen MR) is 111 cm³/mol. The van der Waals surface area contributed by atoms with Crippen LogP contribution in [0.15, 0.2) is 30.3 Å². The lowest BCUT2D eigenvalue weighted by Gasteiger charge is -2.35. The van der Waals surface area contributed by atoms with Crippen molar-refractivity contribution in [2.24, 2.45) is 0 Å². The molecule has 1 N–H and O–H groups in total. The maximum atomic E-state index is 12.9. The summed E-state index contributed by atoms with van der Waals surface area (Å²) in [5.74, 6) is -1.13. The minimum absolute atomic E-state index is 0.165. The lowest BCUT2D eigenvalue weighted by molar-refractivity contribution is -0.155. The number of carbonyl (C=O) groups excluding carboxylic acids is 4. The van der Waals surface area contributed by atoms with Gasteiger partial charge in [0.15, 0.2) is 5.12 Å². The fourth-order valence-electron chi connectivity index (χ4n) is 3.41. The van der Waals surface area contributed by atoms with Gasteiger partial charge in [0.05, 0.1) is 12.4 Å². The van der Waals surface area contributed by atoms with Crippen molar-refractivity contribution in [2.75, 3.05) is 13.7 Å². The van der Waals surface area contributed by atoms with E-state index in [2.05, 4.69) is 5.32 Å². The molecule has 8 heteroatoms. The molecule has 1 fully saturated rings. The number of carbonyl (C=O) groups is 4. The molecular weight excluding hydrogens is 392 g/mol. The summed E-state index contributed by atoms with van der Waals surface area (Å²) < 4.78 is 4.82. The molecule has 0 saturated carbocycles. The highest BCUT2D eigenvalue weighted by atomic mass is 32.2. The van der Waals surface area contributed by atoms with Crippen molar-refractivity contribution in [1.82, 2.24) is 10.2 Å². The third kappa shape index (κ3) is 6.59. The van der Waals surface area contributed by atoms with Gasteiger partial charge in [0, 0.05) is 13.5 Å². The third-order valence-electron chi connectivity index (χ3n) is 4.85. The number of amides is 2. The van der Waals surface area contributed by atoms with Crippen LogP contribution >= 0.6 is 11.8 Å². The number of piperidine rings is 1. The predicted octanol–water partition coefficient (Wildman–Crippen LogP) is 1.94. The summed E-state index contributed by atoms with van der Waals surface area (Å²) in [6.45, 7) is 3.47. The fourth-order valence-corrected chi connectivity index (χ4v) is 4.26. The molecule has 1 aromatic rings. The molecule has 7 nitrogen and oxygen atoms in total. The zero-order valence-electron chi connectivity index (χ0n) is 17.1. The highest BCUT2D eigenvalue weighted by Crippen LogP contribution is 2.21. The van der Waals surface area contributed by atoms with Crippen molar-refractivity contribution in [3.05, 3.63) is 35.9 Å². The number of benzene rings is 1. The van der Waals surface area contributed by atoms with E-state index in [1.165, 1.54) is 18.9 Å². The summed E-state index contributed by atoms with van der Waals surface area (Å²) in [7, 11) is 1.30. The van der Waals surface area contributed by atoms with Gasteiger partial charge in [-0.1, -0.05) is 42.1 Å². The molecule has 3 atom stereocenters. The van der Waals surface area contributed by atoms with Crippen LogP contribution in [0.25, 0.3) is 0 Å². The summed E-state index contributed by atoms with van der Waals surface area (Å²) in [4.78, 5) is 50.8. The Morgan fingerprint density at radius 3 is 2.52 bits per heavy atom. The first kappa shape index (κ1) is 22.9. The first-order chi connectivity index (χ1) is 13.8. The molecule has 0 spiro atoms. The summed E-state index contributed by atoms with van der Waals surface area (Å²) in [5.41, 5.74) is 0.933. The lowest BCUT2D eigenvalue weighted by atomic mass is 10.0. The topological polar surface area (TPSA) is 92.8 Å². The van der Waals surface area contributed by atoms with Crippen molar-refractivity contribution in [2.45, 2.75) is 56.9 Å². The standard InChI is InChI=1S/C21H28N2O5S/c1-14(20(26)23-12-8-7-11-17(23)21(27)28-3)22-19(25)18(29-15(2)24)13-16-9-5-4-6-10-16/h4-6,9-10,14,17-18H,7-8,11-13H2,1-3H3,(H,22,25)/t14-,17?,18-/m0/s1. The van der Waals surface area contributed by atoms with E-state index in [9.17, 15) is 19.2 Å². The quantitative estimate of drug-likeness (QED) is 0.678. The van der Waals surface area contributed by atoms with Gasteiger partial charge in [-0.3, -0.25) is 14.4 Å². The Morgan fingerprint density at radius 1 is 1.21 bits per heavy atom. The average Bonchev–Trinajstić information content (AvgIpc) is 2.72. The van der Waals surface area contributed by atoms with Crippen LogP contribution in [0.5, 0.6) is 0 Å². The number of nitrogens with zero attached hydrogens (tertiary/aromatic N) is 1. The SMILES string of the molecule is COC(=O)C1CCCCN1C(=O)[C@H](C)NC(=O)[C@H](Cc1ccccc1)SC(C)=O. The number of ether oxygens (including phenoxy) is 1. The number of rotatable bonds is 7. The molecule has 0 bridgehead atoms. The fraction of sp³-hybridized carbons (Fsp3) is 0.524. The smallest absolute Gasteiger partial charge is 0.328 e. The van der Waals surface area contributed by atoms with Crippen LogP contribution < -0.4 is 5.32 Å². The molecule has 0 aromatic heterocycles. The Morgan fingerprint density at radius 2 is 1.90 bits per heavy atom. The third-order valence-corrected chi connectivity index (χ3v) is 5.85. The van der Waals surface area contributed by atoms with Gasteiger partial charge in [0.2, 0.25) is 11.8 Å².